The van der Waals surface area contributed by atoms with E-state index in [-0.39, 0.29) is 0 Å². The first-order valence-electron chi connectivity index (χ1n) is 9.36. The van der Waals surface area contributed by atoms with E-state index in [1.54, 1.807) is 0 Å². The molecule has 0 nitrogen and oxygen atoms in total. The molecule has 2 aliphatic carbocycles. The van der Waals surface area contributed by atoms with Gasteiger partial charge in [-0.05, 0) is 47.2 Å². The third-order valence-electron chi connectivity index (χ3n) is 5.89. The summed E-state index contributed by atoms with van der Waals surface area (Å²) >= 11 is 0. The van der Waals surface area contributed by atoms with Crippen LogP contribution in [0, 0.1) is 0 Å². The second-order valence-electron chi connectivity index (χ2n) is 7.57. The second-order valence-corrected chi connectivity index (χ2v) is 7.57. The molecule has 0 amide bonds. The molecule has 0 saturated heterocycles. The van der Waals surface area contributed by atoms with E-state index in [1.165, 1.54) is 44.5 Å². The Morgan fingerprint density at radius 2 is 0.885 bits per heavy atom. The van der Waals surface area contributed by atoms with Crippen LogP contribution in [0.15, 0.2) is 83.9 Å². The van der Waals surface area contributed by atoms with Gasteiger partial charge in [-0.1, -0.05) is 96.1 Å². The summed E-state index contributed by atoms with van der Waals surface area (Å²) in [7, 11) is 0. The fourth-order valence-electron chi connectivity index (χ4n) is 4.72. The van der Waals surface area contributed by atoms with Crippen molar-refractivity contribution in [3.63, 3.8) is 0 Å². The van der Waals surface area contributed by atoms with Gasteiger partial charge in [-0.3, -0.25) is 0 Å². The lowest BCUT2D eigenvalue weighted by Crippen LogP contribution is -2.02. The molecule has 3 aromatic rings. The largest absolute Gasteiger partial charge is 0.0619 e. The Morgan fingerprint density at radius 1 is 0.500 bits per heavy atom. The highest BCUT2D eigenvalue weighted by atomic mass is 14.3. The summed E-state index contributed by atoms with van der Waals surface area (Å²) in [6, 6.07) is 26.8. The minimum absolute atomic E-state index is 0.396. The number of fused-ring (bicyclic) bond motifs is 2. The van der Waals surface area contributed by atoms with Crippen LogP contribution in [-0.4, -0.2) is 0 Å². The smallest absolute Gasteiger partial charge is 0.0305 e. The van der Waals surface area contributed by atoms with Gasteiger partial charge in [-0.25, -0.2) is 0 Å². The van der Waals surface area contributed by atoms with Crippen LogP contribution < -0.4 is 0 Å². The van der Waals surface area contributed by atoms with Crippen LogP contribution in [0.3, 0.4) is 0 Å². The average Bonchev–Trinajstić information content (AvgIpc) is 3.17. The molecule has 26 heavy (non-hydrogen) atoms. The molecule has 2 unspecified atom stereocenters. The summed E-state index contributed by atoms with van der Waals surface area (Å²) in [6.45, 7) is 4.50. The molecule has 0 bridgehead atoms. The van der Waals surface area contributed by atoms with Gasteiger partial charge >= 0.3 is 0 Å². The lowest BCUT2D eigenvalue weighted by atomic mass is 9.85. The fraction of sp³-hybridized carbons (Fsp3) is 0.154. The molecule has 0 radical (unpaired) electrons. The van der Waals surface area contributed by atoms with Gasteiger partial charge in [0.25, 0.3) is 0 Å². The Hall–Kier alpha value is -2.86. The highest BCUT2D eigenvalue weighted by Gasteiger charge is 2.26. The lowest BCUT2D eigenvalue weighted by molar-refractivity contribution is 0.950. The molecular weight excluding hydrogens is 312 g/mol. The average molecular weight is 334 g/mol. The zero-order valence-corrected chi connectivity index (χ0v) is 15.2. The molecule has 2 atom stereocenters. The van der Waals surface area contributed by atoms with Crippen molar-refractivity contribution in [2.75, 3.05) is 0 Å². The summed E-state index contributed by atoms with van der Waals surface area (Å²) in [5.41, 5.74) is 11.2. The van der Waals surface area contributed by atoms with Crippen molar-refractivity contribution >= 4 is 12.2 Å². The first-order chi connectivity index (χ1) is 12.7. The van der Waals surface area contributed by atoms with Gasteiger partial charge in [0.15, 0.2) is 0 Å². The maximum atomic E-state index is 2.33. The van der Waals surface area contributed by atoms with Gasteiger partial charge in [0.1, 0.15) is 0 Å². The Morgan fingerprint density at radius 3 is 1.31 bits per heavy atom. The normalized spacial score (nSPS) is 20.4. The van der Waals surface area contributed by atoms with Crippen molar-refractivity contribution < 1.29 is 0 Å². The Labute approximate surface area is 155 Å². The molecule has 0 heterocycles. The van der Waals surface area contributed by atoms with Crippen LogP contribution in [0.1, 0.15) is 59.1 Å². The predicted molar refractivity (Wildman–Crippen MR) is 110 cm³/mol. The van der Waals surface area contributed by atoms with Crippen molar-refractivity contribution in [1.82, 2.24) is 0 Å². The maximum absolute atomic E-state index is 2.33. The van der Waals surface area contributed by atoms with E-state index in [0.717, 1.165) is 0 Å². The number of benzene rings is 3. The van der Waals surface area contributed by atoms with Crippen molar-refractivity contribution in [2.24, 2.45) is 0 Å². The molecule has 2 aliphatic rings. The number of hydrogen-bond acceptors (Lipinski definition) is 0. The molecule has 5 rings (SSSR count). The molecule has 0 aromatic heterocycles. The molecule has 126 valence electrons. The summed E-state index contributed by atoms with van der Waals surface area (Å²) in [5.74, 6) is 0.792. The zero-order valence-electron chi connectivity index (χ0n) is 15.2. The monoisotopic (exact) mass is 334 g/mol. The standard InChI is InChI=1S/C26H22/c1-17-15-21-7-3-5-9-23(21)25(17)19-11-13-20(14-12-19)26-18(2)16-22-8-4-6-10-24(22)26/h3-16,25-26H,1-2H3. The quantitative estimate of drug-likeness (QED) is 0.484. The molecular formula is C26H22. The van der Waals surface area contributed by atoms with E-state index in [2.05, 4.69) is 98.8 Å². The third kappa shape index (κ3) is 2.29. The van der Waals surface area contributed by atoms with Crippen molar-refractivity contribution in [1.29, 1.82) is 0 Å². The highest BCUT2D eigenvalue weighted by molar-refractivity contribution is 5.70. The van der Waals surface area contributed by atoms with Crippen LogP contribution in [-0.2, 0) is 0 Å². The van der Waals surface area contributed by atoms with Crippen molar-refractivity contribution in [3.05, 3.63) is 117 Å². The molecule has 0 heteroatoms. The van der Waals surface area contributed by atoms with Gasteiger partial charge in [0.2, 0.25) is 0 Å². The SMILES string of the molecule is CC1=Cc2ccccc2C1c1ccc(C2C(C)=Cc3ccccc32)cc1. The van der Waals surface area contributed by atoms with E-state index in [0.29, 0.717) is 11.8 Å². The minimum Gasteiger partial charge on any atom is -0.0619 e. The minimum atomic E-state index is 0.396. The van der Waals surface area contributed by atoms with E-state index in [4.69, 9.17) is 0 Å². The van der Waals surface area contributed by atoms with Crippen LogP contribution in [0.5, 0.6) is 0 Å². The molecule has 3 aromatic carbocycles. The van der Waals surface area contributed by atoms with Crippen molar-refractivity contribution in [2.45, 2.75) is 25.7 Å². The predicted octanol–water partition coefficient (Wildman–Crippen LogP) is 6.78. The zero-order chi connectivity index (χ0) is 17.7. The first-order valence-corrected chi connectivity index (χ1v) is 9.36. The van der Waals surface area contributed by atoms with E-state index in [9.17, 15) is 0 Å². The number of rotatable bonds is 2. The Kier molecular flexibility index (Phi) is 3.46. The van der Waals surface area contributed by atoms with Gasteiger partial charge in [0.05, 0.1) is 0 Å². The van der Waals surface area contributed by atoms with Crippen LogP contribution in [0.4, 0.5) is 0 Å². The molecule has 0 N–H and O–H groups in total. The summed E-state index contributed by atoms with van der Waals surface area (Å²) in [5, 5.41) is 0. The van der Waals surface area contributed by atoms with Crippen LogP contribution in [0.2, 0.25) is 0 Å². The Balaban J connectivity index is 1.52. The van der Waals surface area contributed by atoms with E-state index < -0.39 is 0 Å². The molecule has 0 spiro atoms. The van der Waals surface area contributed by atoms with E-state index >= 15 is 0 Å². The van der Waals surface area contributed by atoms with Gasteiger partial charge in [0, 0.05) is 11.8 Å². The summed E-state index contributed by atoms with van der Waals surface area (Å²) < 4.78 is 0. The van der Waals surface area contributed by atoms with Gasteiger partial charge in [-0.2, -0.15) is 0 Å². The van der Waals surface area contributed by atoms with Crippen LogP contribution in [0.25, 0.3) is 12.2 Å². The maximum Gasteiger partial charge on any atom is 0.0305 e. The lowest BCUT2D eigenvalue weighted by Gasteiger charge is -2.19. The molecule has 0 aliphatic heterocycles. The highest BCUT2D eigenvalue weighted by Crippen LogP contribution is 2.43. The fourth-order valence-corrected chi connectivity index (χ4v) is 4.72. The van der Waals surface area contributed by atoms with Gasteiger partial charge in [-0.15, -0.1) is 0 Å². The molecule has 0 saturated carbocycles. The number of allylic oxidation sites excluding steroid dienone is 2. The summed E-state index contributed by atoms with van der Waals surface area (Å²) in [6.07, 6.45) is 4.65. The van der Waals surface area contributed by atoms with Crippen molar-refractivity contribution in [3.8, 4) is 0 Å². The van der Waals surface area contributed by atoms with Crippen LogP contribution >= 0.6 is 0 Å². The molecule has 0 fully saturated rings. The summed E-state index contributed by atoms with van der Waals surface area (Å²) in [4.78, 5) is 0. The number of hydrogen-bond donors (Lipinski definition) is 0. The van der Waals surface area contributed by atoms with E-state index in [1.807, 2.05) is 0 Å². The second kappa shape index (κ2) is 5.85. The first kappa shape index (κ1) is 15.4. The topological polar surface area (TPSA) is 0 Å². The Bertz CT molecular complexity index is 961. The van der Waals surface area contributed by atoms with Gasteiger partial charge < -0.3 is 0 Å². The third-order valence-corrected chi connectivity index (χ3v) is 5.89.